The van der Waals surface area contributed by atoms with Crippen LogP contribution in [-0.4, -0.2) is 21.8 Å². The van der Waals surface area contributed by atoms with Gasteiger partial charge in [0.2, 0.25) is 0 Å². The van der Waals surface area contributed by atoms with Crippen molar-refractivity contribution in [2.75, 3.05) is 0 Å². The minimum absolute atomic E-state index is 0.154. The minimum Gasteiger partial charge on any atom is -0.460 e. The van der Waals surface area contributed by atoms with Crippen molar-refractivity contribution in [2.45, 2.75) is 19.6 Å². The number of fused-ring (bicyclic) bond motifs is 2. The van der Waals surface area contributed by atoms with Crippen LogP contribution in [0.4, 0.5) is 11.4 Å². The highest BCUT2D eigenvalue weighted by Crippen LogP contribution is 2.49. The van der Waals surface area contributed by atoms with Crippen LogP contribution in [-0.2, 0) is 32.3 Å². The van der Waals surface area contributed by atoms with Gasteiger partial charge in [-0.2, -0.15) is 0 Å². The van der Waals surface area contributed by atoms with Crippen LogP contribution in [0.25, 0.3) is 0 Å². The predicted molar refractivity (Wildman–Crippen MR) is 114 cm³/mol. The fraction of sp³-hybridized carbons (Fsp3) is 0.304. The summed E-state index contributed by atoms with van der Waals surface area (Å²) in [5.41, 5.74) is 0.201. The Bertz CT molecular complexity index is 1060. The summed E-state index contributed by atoms with van der Waals surface area (Å²) in [6, 6.07) is 11.9. The number of hydrogen-bond acceptors (Lipinski definition) is 8. The van der Waals surface area contributed by atoms with Crippen LogP contribution in [0.5, 0.6) is 0 Å². The second-order valence-corrected chi connectivity index (χ2v) is 7.99. The van der Waals surface area contributed by atoms with E-state index in [1.165, 1.54) is 36.4 Å². The van der Waals surface area contributed by atoms with E-state index in [9.17, 15) is 29.8 Å². The number of esters is 2. The van der Waals surface area contributed by atoms with Crippen LogP contribution < -0.4 is 0 Å². The van der Waals surface area contributed by atoms with E-state index < -0.39 is 33.6 Å². The monoisotopic (exact) mass is 452 g/mol. The van der Waals surface area contributed by atoms with Crippen LogP contribution in [0.15, 0.2) is 60.7 Å². The van der Waals surface area contributed by atoms with Gasteiger partial charge < -0.3 is 9.47 Å². The van der Waals surface area contributed by atoms with Gasteiger partial charge in [0.25, 0.3) is 11.4 Å². The molecule has 4 unspecified atom stereocenters. The molecule has 2 aliphatic rings. The molecule has 0 spiro atoms. The third kappa shape index (κ3) is 4.45. The van der Waals surface area contributed by atoms with E-state index >= 15 is 0 Å². The Morgan fingerprint density at radius 2 is 1.15 bits per heavy atom. The Kier molecular flexibility index (Phi) is 6.16. The molecule has 2 aromatic carbocycles. The highest BCUT2D eigenvalue weighted by molar-refractivity contribution is 5.84. The van der Waals surface area contributed by atoms with Crippen LogP contribution in [0.3, 0.4) is 0 Å². The molecule has 4 atom stereocenters. The average molecular weight is 452 g/mol. The number of rotatable bonds is 8. The van der Waals surface area contributed by atoms with Crippen molar-refractivity contribution < 1.29 is 28.9 Å². The van der Waals surface area contributed by atoms with Gasteiger partial charge in [-0.25, -0.2) is 0 Å². The van der Waals surface area contributed by atoms with Gasteiger partial charge in [-0.3, -0.25) is 29.8 Å². The van der Waals surface area contributed by atoms with E-state index in [1.54, 1.807) is 12.1 Å². The highest BCUT2D eigenvalue weighted by atomic mass is 16.6. The summed E-state index contributed by atoms with van der Waals surface area (Å²) < 4.78 is 10.7. The van der Waals surface area contributed by atoms with E-state index in [4.69, 9.17) is 9.47 Å². The molecule has 1 fully saturated rings. The molecule has 170 valence electrons. The number of nitro benzene ring substituents is 2. The van der Waals surface area contributed by atoms with E-state index in [1.807, 2.05) is 12.2 Å². The molecule has 33 heavy (non-hydrogen) atoms. The van der Waals surface area contributed by atoms with Gasteiger partial charge in [-0.15, -0.1) is 0 Å². The lowest BCUT2D eigenvalue weighted by molar-refractivity contribution is -0.386. The van der Waals surface area contributed by atoms with Gasteiger partial charge in [0.1, 0.15) is 13.2 Å². The van der Waals surface area contributed by atoms with Crippen molar-refractivity contribution in [2.24, 2.45) is 23.7 Å². The second kappa shape index (κ2) is 9.19. The zero-order chi connectivity index (χ0) is 23.5. The molecule has 10 heteroatoms. The lowest BCUT2D eigenvalue weighted by Gasteiger charge is -2.25. The molecule has 0 aromatic heterocycles. The number of hydrogen-bond donors (Lipinski definition) is 0. The summed E-state index contributed by atoms with van der Waals surface area (Å²) in [5, 5.41) is 22.4. The average Bonchev–Trinajstić information content (AvgIpc) is 3.43. The zero-order valence-electron chi connectivity index (χ0n) is 17.4. The minimum atomic E-state index is -0.777. The SMILES string of the molecule is O=C(OCc1ccccc1[N+](=O)[O-])C1C2C=CC(C2)C1C(=O)OCc1ccccc1[N+](=O)[O-]. The maximum absolute atomic E-state index is 12.9. The Morgan fingerprint density at radius 3 is 1.55 bits per heavy atom. The largest absolute Gasteiger partial charge is 0.460 e. The van der Waals surface area contributed by atoms with Crippen molar-refractivity contribution in [1.29, 1.82) is 0 Å². The lowest BCUT2D eigenvalue weighted by Crippen LogP contribution is -2.35. The molecule has 2 aromatic rings. The maximum atomic E-state index is 12.9. The number of carbonyl (C=O) groups excluding carboxylic acids is 2. The van der Waals surface area contributed by atoms with Gasteiger partial charge >= 0.3 is 11.9 Å². The van der Waals surface area contributed by atoms with Crippen LogP contribution >= 0.6 is 0 Å². The van der Waals surface area contributed by atoms with Gasteiger partial charge in [-0.1, -0.05) is 36.4 Å². The second-order valence-electron chi connectivity index (χ2n) is 7.99. The topological polar surface area (TPSA) is 139 Å². The summed E-state index contributed by atoms with van der Waals surface area (Å²) >= 11 is 0. The molecule has 0 saturated heterocycles. The number of carbonyl (C=O) groups is 2. The standard InChI is InChI=1S/C23H20N2O8/c26-22(32-12-16-5-1-3-7-18(16)24(28)29)20-14-9-10-15(11-14)21(20)23(27)33-13-17-6-2-4-8-19(17)25(30)31/h1-10,14-15,20-21H,11-13H2. The van der Waals surface area contributed by atoms with Crippen LogP contribution in [0.2, 0.25) is 0 Å². The first-order chi connectivity index (χ1) is 15.9. The number of benzene rings is 2. The third-order valence-corrected chi connectivity index (χ3v) is 6.12. The fourth-order valence-electron chi connectivity index (χ4n) is 4.58. The number of para-hydroxylation sites is 2. The van der Waals surface area contributed by atoms with Crippen molar-refractivity contribution in [1.82, 2.24) is 0 Å². The molecule has 1 saturated carbocycles. The molecule has 10 nitrogen and oxygen atoms in total. The molecule has 2 bridgehead atoms. The Hall–Kier alpha value is -4.08. The summed E-state index contributed by atoms with van der Waals surface area (Å²) in [6.07, 6.45) is 4.33. The van der Waals surface area contributed by atoms with E-state index in [0.717, 1.165) is 0 Å². The maximum Gasteiger partial charge on any atom is 0.310 e. The molecule has 4 rings (SSSR count). The first-order valence-electron chi connectivity index (χ1n) is 10.3. The molecule has 0 amide bonds. The zero-order valence-corrected chi connectivity index (χ0v) is 17.4. The Labute approximate surface area is 188 Å². The van der Waals surface area contributed by atoms with Crippen molar-refractivity contribution in [3.8, 4) is 0 Å². The van der Waals surface area contributed by atoms with Crippen molar-refractivity contribution in [3.63, 3.8) is 0 Å². The third-order valence-electron chi connectivity index (χ3n) is 6.12. The van der Waals surface area contributed by atoms with Gasteiger partial charge in [0.05, 0.1) is 32.8 Å². The number of nitrogens with zero attached hydrogens (tertiary/aromatic N) is 2. The van der Waals surface area contributed by atoms with Crippen molar-refractivity contribution >= 4 is 23.3 Å². The van der Waals surface area contributed by atoms with E-state index in [-0.39, 0.29) is 47.6 Å². The molecular weight excluding hydrogens is 432 g/mol. The lowest BCUT2D eigenvalue weighted by atomic mass is 9.83. The van der Waals surface area contributed by atoms with Crippen molar-refractivity contribution in [3.05, 3.63) is 92.0 Å². The highest BCUT2D eigenvalue weighted by Gasteiger charge is 2.53. The molecule has 0 radical (unpaired) electrons. The summed E-state index contributed by atoms with van der Waals surface area (Å²) in [5.74, 6) is -3.20. The molecule has 2 aliphatic carbocycles. The quantitative estimate of drug-likeness (QED) is 0.255. The molecular formula is C23H20N2O8. The Balaban J connectivity index is 1.45. The predicted octanol–water partition coefficient (Wildman–Crippen LogP) is 3.73. The van der Waals surface area contributed by atoms with Gasteiger partial charge in [0.15, 0.2) is 0 Å². The summed E-state index contributed by atoms with van der Waals surface area (Å²) in [6.45, 7) is -0.572. The van der Waals surface area contributed by atoms with E-state index in [2.05, 4.69) is 0 Å². The van der Waals surface area contributed by atoms with Gasteiger partial charge in [-0.05, 0) is 30.4 Å². The molecule has 0 N–H and O–H groups in total. The molecule has 0 heterocycles. The first-order valence-corrected chi connectivity index (χ1v) is 10.3. The number of nitro groups is 2. The molecule has 0 aliphatic heterocycles. The number of allylic oxidation sites excluding steroid dienone is 2. The summed E-state index contributed by atoms with van der Waals surface area (Å²) in [4.78, 5) is 47.1. The van der Waals surface area contributed by atoms with Gasteiger partial charge in [0, 0.05) is 12.1 Å². The normalized spacial score (nSPS) is 22.7. The first kappa shape index (κ1) is 22.1. The van der Waals surface area contributed by atoms with Crippen LogP contribution in [0.1, 0.15) is 17.5 Å². The van der Waals surface area contributed by atoms with Crippen LogP contribution in [0, 0.1) is 43.9 Å². The smallest absolute Gasteiger partial charge is 0.310 e. The van der Waals surface area contributed by atoms with E-state index in [0.29, 0.717) is 6.42 Å². The number of ether oxygens (including phenoxy) is 2. The summed E-state index contributed by atoms with van der Waals surface area (Å²) in [7, 11) is 0. The fourth-order valence-corrected chi connectivity index (χ4v) is 4.58. The Morgan fingerprint density at radius 1 is 0.758 bits per heavy atom.